The fraction of sp³-hybridized carbons (Fsp3) is 0.480. The lowest BCUT2D eigenvalue weighted by atomic mass is 9.90. The zero-order valence-corrected chi connectivity index (χ0v) is 37.7. The number of likely N-dealkylation sites (tertiary alicyclic amines) is 2. The minimum absolute atomic E-state index is 0.0302. The second kappa shape index (κ2) is 17.0. The fourth-order valence-corrected chi connectivity index (χ4v) is 11.3. The van der Waals surface area contributed by atoms with Crippen LogP contribution in [0.1, 0.15) is 77.1 Å². The number of ether oxygens (including phenoxy) is 3. The minimum Gasteiger partial charge on any atom is -0.453 e. The van der Waals surface area contributed by atoms with Crippen molar-refractivity contribution in [2.75, 3.05) is 27.4 Å². The molecule has 3 aromatic carbocycles. The van der Waals surface area contributed by atoms with E-state index < -0.39 is 24.3 Å². The highest BCUT2D eigenvalue weighted by Crippen LogP contribution is 2.59. The van der Waals surface area contributed by atoms with Gasteiger partial charge in [-0.2, -0.15) is 0 Å². The summed E-state index contributed by atoms with van der Waals surface area (Å²) in [7, 11) is 2.63. The van der Waals surface area contributed by atoms with Crippen LogP contribution in [0, 0.1) is 35.5 Å². The molecule has 5 fully saturated rings. The molecule has 5 unspecified atom stereocenters. The second-order valence-electron chi connectivity index (χ2n) is 19.2. The SMILES string of the molecule is COC(=O)N[C@H](C(=O)N1C2C(C[C@H]1c1ncc(-c3ccc(-c4ccc5cc(-c6cnc([C@@H]7CC8C(C)C8N7C(=O)[C@@H](NC(=O)OC)C7CCOCC7)[nH]6)ccc5c4)cc3)[nH]1)[C@H]2C)C(C)C. The molecular formula is C50H58N8O7. The maximum Gasteiger partial charge on any atom is 0.407 e. The third kappa shape index (κ3) is 7.80. The summed E-state index contributed by atoms with van der Waals surface area (Å²) in [6.07, 6.45) is 5.53. The molecule has 10 atom stereocenters. The van der Waals surface area contributed by atoms with Crippen molar-refractivity contribution in [3.8, 4) is 33.6 Å². The number of H-pyrrole nitrogens is 2. The number of methoxy groups -OCH3 is 2. The second-order valence-corrected chi connectivity index (χ2v) is 19.2. The largest absolute Gasteiger partial charge is 0.453 e. The van der Waals surface area contributed by atoms with Crippen LogP contribution in [0.3, 0.4) is 0 Å². The highest BCUT2D eigenvalue weighted by Gasteiger charge is 2.63. The Labute approximate surface area is 378 Å². The first-order valence-corrected chi connectivity index (χ1v) is 23.1. The topological polar surface area (TPSA) is 184 Å². The van der Waals surface area contributed by atoms with Crippen molar-refractivity contribution >= 4 is 34.8 Å². The summed E-state index contributed by atoms with van der Waals surface area (Å²) in [5, 5.41) is 7.84. The average Bonchev–Trinajstić information content (AvgIpc) is 3.80. The molecule has 15 nitrogen and oxygen atoms in total. The van der Waals surface area contributed by atoms with Gasteiger partial charge in [0.1, 0.15) is 23.7 Å². The van der Waals surface area contributed by atoms with Crippen molar-refractivity contribution in [1.29, 1.82) is 0 Å². The van der Waals surface area contributed by atoms with E-state index in [-0.39, 0.29) is 47.8 Å². The van der Waals surface area contributed by atoms with Crippen molar-refractivity contribution in [2.45, 2.75) is 89.6 Å². The quantitative estimate of drug-likeness (QED) is 0.104. The zero-order chi connectivity index (χ0) is 45.3. The van der Waals surface area contributed by atoms with E-state index in [1.54, 1.807) is 0 Å². The number of amides is 4. The lowest BCUT2D eigenvalue weighted by Gasteiger charge is -2.35. The lowest BCUT2D eigenvalue weighted by Crippen LogP contribution is -2.54. The third-order valence-corrected chi connectivity index (χ3v) is 15.2. The number of hydrogen-bond acceptors (Lipinski definition) is 9. The maximum atomic E-state index is 14.4. The van der Waals surface area contributed by atoms with Gasteiger partial charge in [0, 0.05) is 30.9 Å². The molecule has 5 heterocycles. The number of carbonyl (C=O) groups excluding carboxylic acids is 4. The number of hydrogen-bond donors (Lipinski definition) is 4. The number of fused-ring (bicyclic) bond motifs is 3. The van der Waals surface area contributed by atoms with E-state index in [9.17, 15) is 19.2 Å². The predicted molar refractivity (Wildman–Crippen MR) is 243 cm³/mol. The number of rotatable bonds is 11. The van der Waals surface area contributed by atoms with Gasteiger partial charge in [-0.05, 0) is 101 Å². The smallest absolute Gasteiger partial charge is 0.407 e. The number of imidazole rings is 2. The lowest BCUT2D eigenvalue weighted by molar-refractivity contribution is -0.138. The summed E-state index contributed by atoms with van der Waals surface area (Å²) < 4.78 is 15.3. The Morgan fingerprint density at radius 3 is 1.74 bits per heavy atom. The first-order chi connectivity index (χ1) is 31.4. The van der Waals surface area contributed by atoms with E-state index in [2.05, 4.69) is 95.1 Å². The Morgan fingerprint density at radius 2 is 1.17 bits per heavy atom. The molecule has 0 bridgehead atoms. The highest BCUT2D eigenvalue weighted by molar-refractivity contribution is 5.91. The van der Waals surface area contributed by atoms with Gasteiger partial charge >= 0.3 is 12.2 Å². The summed E-state index contributed by atoms with van der Waals surface area (Å²) in [5.41, 5.74) is 5.94. The average molecular weight is 883 g/mol. The molecule has 3 saturated heterocycles. The molecule has 2 aromatic heterocycles. The number of carbonyl (C=O) groups is 4. The molecule has 15 heteroatoms. The molecule has 5 aliphatic rings. The van der Waals surface area contributed by atoms with Crippen LogP contribution >= 0.6 is 0 Å². The van der Waals surface area contributed by atoms with Crippen LogP contribution in [0.25, 0.3) is 44.4 Å². The van der Waals surface area contributed by atoms with Crippen molar-refractivity contribution < 1.29 is 33.4 Å². The number of aromatic nitrogens is 4. The molecule has 5 aromatic rings. The van der Waals surface area contributed by atoms with Gasteiger partial charge in [0.05, 0.1) is 50.1 Å². The molecule has 0 radical (unpaired) electrons. The molecule has 2 saturated carbocycles. The van der Waals surface area contributed by atoms with Crippen LogP contribution in [0.2, 0.25) is 0 Å². The van der Waals surface area contributed by atoms with Crippen molar-refractivity contribution in [2.24, 2.45) is 35.5 Å². The normalized spacial score (nSPS) is 26.6. The molecular weight excluding hydrogens is 825 g/mol. The number of aromatic amines is 2. The summed E-state index contributed by atoms with van der Waals surface area (Å²) in [6.45, 7) is 9.35. The van der Waals surface area contributed by atoms with Crippen LogP contribution in [-0.4, -0.2) is 105 Å². The first-order valence-electron chi connectivity index (χ1n) is 23.1. The Bertz CT molecular complexity index is 2620. The van der Waals surface area contributed by atoms with Crippen LogP contribution in [0.5, 0.6) is 0 Å². The van der Waals surface area contributed by atoms with E-state index in [1.165, 1.54) is 14.2 Å². The van der Waals surface area contributed by atoms with Gasteiger partial charge in [-0.3, -0.25) is 9.59 Å². The Morgan fingerprint density at radius 1 is 0.677 bits per heavy atom. The van der Waals surface area contributed by atoms with E-state index in [4.69, 9.17) is 24.2 Å². The molecule has 340 valence electrons. The summed E-state index contributed by atoms with van der Waals surface area (Å²) >= 11 is 0. The van der Waals surface area contributed by atoms with Gasteiger partial charge in [-0.25, -0.2) is 19.6 Å². The Kier molecular flexibility index (Phi) is 11.2. The number of alkyl carbamates (subject to hydrolysis) is 2. The molecule has 65 heavy (non-hydrogen) atoms. The fourth-order valence-electron chi connectivity index (χ4n) is 11.3. The molecule has 4 N–H and O–H groups in total. The van der Waals surface area contributed by atoms with Crippen molar-refractivity contribution in [3.05, 3.63) is 84.7 Å². The zero-order valence-electron chi connectivity index (χ0n) is 37.7. The molecule has 0 spiro atoms. The maximum absolute atomic E-state index is 14.4. The van der Waals surface area contributed by atoms with Crippen molar-refractivity contribution in [1.82, 2.24) is 40.4 Å². The number of nitrogens with zero attached hydrogens (tertiary/aromatic N) is 4. The third-order valence-electron chi connectivity index (χ3n) is 15.2. The van der Waals surface area contributed by atoms with Gasteiger partial charge in [0.2, 0.25) is 11.8 Å². The summed E-state index contributed by atoms with van der Waals surface area (Å²) in [6, 6.07) is 19.8. The van der Waals surface area contributed by atoms with E-state index >= 15 is 0 Å². The first kappa shape index (κ1) is 42.7. The predicted octanol–water partition coefficient (Wildman–Crippen LogP) is 7.63. The van der Waals surface area contributed by atoms with Crippen LogP contribution in [-0.2, 0) is 23.8 Å². The molecule has 2 aliphatic carbocycles. The molecule has 3 aliphatic heterocycles. The van der Waals surface area contributed by atoms with Gasteiger partial charge < -0.3 is 44.6 Å². The van der Waals surface area contributed by atoms with Crippen LogP contribution in [0.4, 0.5) is 9.59 Å². The monoisotopic (exact) mass is 882 g/mol. The van der Waals surface area contributed by atoms with E-state index in [1.807, 2.05) is 36.0 Å². The standard InChI is InChI=1S/C50H58N8O7/c1-25(2)41(55-49(61)63-5)47(59)57-39(21-35-26(3)43(35)57)45-51-23-37(53-45)29-9-7-28(8-10-29)31-11-12-33-20-34(14-13-32(33)19-31)38-24-52-46(54-38)40-22-36-27(4)44(36)58(40)48(60)42(56-50(62)64-6)30-15-17-65-18-16-30/h7-14,19-20,23-27,30,35-36,39-44H,15-18,21-22H2,1-6H3,(H,51,53)(H,52,54)(H,55,61)(H,56,62)/t26-,27?,35?,36?,39+,40+,41+,42+,43?,44?/m1/s1. The molecule has 10 rings (SSSR count). The highest BCUT2D eigenvalue weighted by atomic mass is 16.5. The van der Waals surface area contributed by atoms with E-state index in [0.717, 1.165) is 68.9 Å². The minimum atomic E-state index is -0.690. The molecule has 4 amide bonds. The van der Waals surface area contributed by atoms with Gasteiger partial charge in [-0.15, -0.1) is 0 Å². The van der Waals surface area contributed by atoms with Crippen LogP contribution < -0.4 is 10.6 Å². The van der Waals surface area contributed by atoms with Gasteiger partial charge in [0.15, 0.2) is 0 Å². The summed E-state index contributed by atoms with van der Waals surface area (Å²) in [5.74, 6) is 2.82. The van der Waals surface area contributed by atoms with Gasteiger partial charge in [0.25, 0.3) is 0 Å². The number of benzene rings is 3. The number of piperidine rings is 2. The van der Waals surface area contributed by atoms with Crippen LogP contribution in [0.15, 0.2) is 73.1 Å². The van der Waals surface area contributed by atoms with Crippen molar-refractivity contribution in [3.63, 3.8) is 0 Å². The Balaban J connectivity index is 0.828. The van der Waals surface area contributed by atoms with E-state index in [0.29, 0.717) is 49.7 Å². The Hall–Kier alpha value is -6.22. The van der Waals surface area contributed by atoms with Gasteiger partial charge in [-0.1, -0.05) is 76.2 Å². The summed E-state index contributed by atoms with van der Waals surface area (Å²) in [4.78, 5) is 73.6. The number of nitrogens with one attached hydrogen (secondary N) is 4.